The lowest BCUT2D eigenvalue weighted by atomic mass is 10.1. The molecule has 1 N–H and O–H groups in total. The Kier molecular flexibility index (Phi) is 7.91. The lowest BCUT2D eigenvalue weighted by molar-refractivity contribution is -0.181. The van der Waals surface area contributed by atoms with E-state index in [0.717, 1.165) is 11.5 Å². The molecule has 2 unspecified atom stereocenters. The summed E-state index contributed by atoms with van der Waals surface area (Å²) in [6, 6.07) is 8.43. The predicted octanol–water partition coefficient (Wildman–Crippen LogP) is 2.91. The van der Waals surface area contributed by atoms with Crippen LogP contribution in [0.4, 0.5) is 13.2 Å². The Balaban J connectivity index is 1.99. The zero-order valence-corrected chi connectivity index (χ0v) is 16.2. The number of guanidine groups is 1. The molecule has 0 amide bonds. The molecule has 1 aromatic rings. The molecule has 1 heterocycles. The van der Waals surface area contributed by atoms with Crippen LogP contribution >= 0.6 is 0 Å². The number of rotatable bonds is 6. The minimum Gasteiger partial charge on any atom is -0.375 e. The standard InChI is InChI=1S/C19H29F3N4O/c1-4-23-18(24-14-17(27-3)16-8-6-5-7-9-16)26-12-10-25(11-13-26)15(2)19(20,21)22/h5-9,15,17H,4,10-14H2,1-3H3,(H,23,24). The quantitative estimate of drug-likeness (QED) is 0.603. The number of methoxy groups -OCH3 is 1. The van der Waals surface area contributed by atoms with E-state index < -0.39 is 12.2 Å². The van der Waals surface area contributed by atoms with Gasteiger partial charge in [-0.2, -0.15) is 13.2 Å². The molecule has 0 saturated carbocycles. The lowest BCUT2D eigenvalue weighted by Crippen LogP contribution is -2.56. The van der Waals surface area contributed by atoms with Crippen molar-refractivity contribution >= 4 is 5.96 Å². The predicted molar refractivity (Wildman–Crippen MR) is 101 cm³/mol. The van der Waals surface area contributed by atoms with Gasteiger partial charge in [0, 0.05) is 39.8 Å². The molecule has 1 saturated heterocycles. The Bertz CT molecular complexity index is 586. The van der Waals surface area contributed by atoms with Crippen molar-refractivity contribution in [2.24, 2.45) is 4.99 Å². The molecule has 2 rings (SSSR count). The summed E-state index contributed by atoms with van der Waals surface area (Å²) in [6.45, 7) is 6.07. The highest BCUT2D eigenvalue weighted by Crippen LogP contribution is 2.25. The number of alkyl halides is 3. The number of piperazine rings is 1. The minimum atomic E-state index is -4.19. The molecule has 5 nitrogen and oxygen atoms in total. The summed E-state index contributed by atoms with van der Waals surface area (Å²) in [5, 5.41) is 3.24. The monoisotopic (exact) mass is 386 g/mol. The molecule has 1 fully saturated rings. The molecule has 2 atom stereocenters. The number of aliphatic imine (C=N–C) groups is 1. The van der Waals surface area contributed by atoms with E-state index in [9.17, 15) is 13.2 Å². The first-order chi connectivity index (χ1) is 12.9. The third-order valence-corrected chi connectivity index (χ3v) is 4.83. The Morgan fingerprint density at radius 3 is 2.33 bits per heavy atom. The van der Waals surface area contributed by atoms with Crippen LogP contribution in [0.15, 0.2) is 35.3 Å². The Hall–Kier alpha value is -1.80. The molecule has 8 heteroatoms. The van der Waals surface area contributed by atoms with Crippen LogP contribution < -0.4 is 5.32 Å². The van der Waals surface area contributed by atoms with Gasteiger partial charge in [-0.3, -0.25) is 9.89 Å². The molecule has 1 aromatic carbocycles. The highest BCUT2D eigenvalue weighted by atomic mass is 19.4. The van der Waals surface area contributed by atoms with Gasteiger partial charge in [-0.05, 0) is 19.4 Å². The van der Waals surface area contributed by atoms with Crippen LogP contribution in [0.2, 0.25) is 0 Å². The van der Waals surface area contributed by atoms with Crippen molar-refractivity contribution in [1.82, 2.24) is 15.1 Å². The number of hydrogen-bond donors (Lipinski definition) is 1. The van der Waals surface area contributed by atoms with E-state index in [1.807, 2.05) is 42.2 Å². The number of nitrogens with zero attached hydrogens (tertiary/aromatic N) is 3. The summed E-state index contributed by atoms with van der Waals surface area (Å²) in [4.78, 5) is 8.16. The molecular formula is C19H29F3N4O. The summed E-state index contributed by atoms with van der Waals surface area (Å²) in [5.41, 5.74) is 1.04. The maximum atomic E-state index is 12.9. The molecule has 27 heavy (non-hydrogen) atoms. The molecule has 152 valence electrons. The number of halogens is 3. The van der Waals surface area contributed by atoms with Gasteiger partial charge in [0.1, 0.15) is 12.1 Å². The maximum Gasteiger partial charge on any atom is 0.403 e. The SMILES string of the molecule is CCNC(=NCC(OC)c1ccccc1)N1CCN(C(C)C(F)(F)F)CC1. The zero-order valence-electron chi connectivity index (χ0n) is 16.2. The van der Waals surface area contributed by atoms with Gasteiger partial charge in [0.2, 0.25) is 0 Å². The van der Waals surface area contributed by atoms with Crippen LogP contribution in [0.1, 0.15) is 25.5 Å². The van der Waals surface area contributed by atoms with E-state index in [1.54, 1.807) is 7.11 Å². The molecule has 1 aliphatic rings. The summed E-state index contributed by atoms with van der Waals surface area (Å²) < 4.78 is 44.3. The average Bonchev–Trinajstić information content (AvgIpc) is 2.67. The fourth-order valence-corrected chi connectivity index (χ4v) is 3.11. The van der Waals surface area contributed by atoms with E-state index in [-0.39, 0.29) is 6.10 Å². The summed E-state index contributed by atoms with van der Waals surface area (Å²) >= 11 is 0. The van der Waals surface area contributed by atoms with Crippen LogP contribution in [0.3, 0.4) is 0 Å². The Morgan fingerprint density at radius 2 is 1.81 bits per heavy atom. The van der Waals surface area contributed by atoms with E-state index >= 15 is 0 Å². The Morgan fingerprint density at radius 1 is 1.19 bits per heavy atom. The van der Waals surface area contributed by atoms with Crippen molar-refractivity contribution < 1.29 is 17.9 Å². The van der Waals surface area contributed by atoms with Gasteiger partial charge in [-0.1, -0.05) is 30.3 Å². The van der Waals surface area contributed by atoms with E-state index in [0.29, 0.717) is 39.3 Å². The highest BCUT2D eigenvalue weighted by molar-refractivity contribution is 5.80. The van der Waals surface area contributed by atoms with Crippen molar-refractivity contribution in [2.45, 2.75) is 32.2 Å². The molecule has 0 bridgehead atoms. The number of nitrogens with one attached hydrogen (secondary N) is 1. The van der Waals surface area contributed by atoms with Crippen LogP contribution in [0, 0.1) is 0 Å². The largest absolute Gasteiger partial charge is 0.403 e. The lowest BCUT2D eigenvalue weighted by Gasteiger charge is -2.39. The molecule has 0 spiro atoms. The first-order valence-corrected chi connectivity index (χ1v) is 9.28. The molecule has 1 aliphatic heterocycles. The van der Waals surface area contributed by atoms with Crippen molar-refractivity contribution in [2.75, 3.05) is 46.4 Å². The van der Waals surface area contributed by atoms with Crippen molar-refractivity contribution in [3.8, 4) is 0 Å². The van der Waals surface area contributed by atoms with Gasteiger partial charge in [-0.25, -0.2) is 0 Å². The smallest absolute Gasteiger partial charge is 0.375 e. The van der Waals surface area contributed by atoms with E-state index in [2.05, 4.69) is 10.3 Å². The van der Waals surface area contributed by atoms with Crippen LogP contribution in [-0.4, -0.2) is 74.4 Å². The summed E-state index contributed by atoms with van der Waals surface area (Å²) in [7, 11) is 1.65. The second kappa shape index (κ2) is 9.94. The number of benzene rings is 1. The third-order valence-electron chi connectivity index (χ3n) is 4.83. The summed E-state index contributed by atoms with van der Waals surface area (Å²) in [5.74, 6) is 0.717. The zero-order chi connectivity index (χ0) is 19.9. The maximum absolute atomic E-state index is 12.9. The first kappa shape index (κ1) is 21.5. The topological polar surface area (TPSA) is 40.1 Å². The molecule has 0 radical (unpaired) electrons. The number of ether oxygens (including phenoxy) is 1. The molecular weight excluding hydrogens is 357 g/mol. The van der Waals surface area contributed by atoms with Gasteiger partial charge >= 0.3 is 6.18 Å². The normalized spacial score (nSPS) is 19.0. The van der Waals surface area contributed by atoms with Gasteiger partial charge in [0.05, 0.1) is 6.54 Å². The molecule has 0 aliphatic carbocycles. The Labute approximate surface area is 159 Å². The second-order valence-corrected chi connectivity index (χ2v) is 6.57. The van der Waals surface area contributed by atoms with Gasteiger partial charge in [0.15, 0.2) is 5.96 Å². The fourth-order valence-electron chi connectivity index (χ4n) is 3.11. The third kappa shape index (κ3) is 6.10. The van der Waals surface area contributed by atoms with E-state index in [4.69, 9.17) is 4.74 Å². The van der Waals surface area contributed by atoms with Gasteiger partial charge < -0.3 is 15.0 Å². The minimum absolute atomic E-state index is 0.161. The van der Waals surface area contributed by atoms with Gasteiger partial charge in [-0.15, -0.1) is 0 Å². The fraction of sp³-hybridized carbons (Fsp3) is 0.632. The van der Waals surface area contributed by atoms with Crippen LogP contribution in [0.25, 0.3) is 0 Å². The summed E-state index contributed by atoms with van der Waals surface area (Å²) in [6.07, 6.45) is -4.35. The van der Waals surface area contributed by atoms with Gasteiger partial charge in [0.25, 0.3) is 0 Å². The van der Waals surface area contributed by atoms with Crippen LogP contribution in [-0.2, 0) is 4.74 Å². The van der Waals surface area contributed by atoms with Crippen molar-refractivity contribution in [3.63, 3.8) is 0 Å². The number of hydrogen-bond acceptors (Lipinski definition) is 3. The van der Waals surface area contributed by atoms with Crippen molar-refractivity contribution in [1.29, 1.82) is 0 Å². The average molecular weight is 386 g/mol. The van der Waals surface area contributed by atoms with Crippen LogP contribution in [0.5, 0.6) is 0 Å². The second-order valence-electron chi connectivity index (χ2n) is 6.57. The van der Waals surface area contributed by atoms with E-state index in [1.165, 1.54) is 11.8 Å². The highest BCUT2D eigenvalue weighted by Gasteiger charge is 2.41. The first-order valence-electron chi connectivity index (χ1n) is 9.28. The van der Waals surface area contributed by atoms with Crippen molar-refractivity contribution in [3.05, 3.63) is 35.9 Å². The molecule has 0 aromatic heterocycles.